The smallest absolute Gasteiger partial charge is 0.296 e. The number of amides is 1. The topological polar surface area (TPSA) is 73.0 Å². The average molecular weight is 438 g/mol. The van der Waals surface area contributed by atoms with Gasteiger partial charge in [0.1, 0.15) is 5.52 Å². The second-order valence-corrected chi connectivity index (χ2v) is 7.96. The quantitative estimate of drug-likeness (QED) is 0.421. The van der Waals surface area contributed by atoms with Gasteiger partial charge in [0.05, 0.1) is 17.6 Å². The maximum Gasteiger partial charge on any atom is 0.296 e. The zero-order chi connectivity index (χ0) is 23.1. The van der Waals surface area contributed by atoms with Crippen LogP contribution in [0.15, 0.2) is 77.9 Å². The van der Waals surface area contributed by atoms with E-state index in [4.69, 9.17) is 0 Å². The molecule has 0 saturated carbocycles. The van der Waals surface area contributed by atoms with Crippen LogP contribution in [0.3, 0.4) is 0 Å². The van der Waals surface area contributed by atoms with Gasteiger partial charge in [0.2, 0.25) is 0 Å². The Bertz CT molecular complexity index is 1550. The van der Waals surface area contributed by atoms with Crippen molar-refractivity contribution in [3.8, 4) is 5.69 Å². The van der Waals surface area contributed by atoms with E-state index in [1.165, 1.54) is 4.68 Å². The summed E-state index contributed by atoms with van der Waals surface area (Å²) < 4.78 is 3.17. The first-order chi connectivity index (χ1) is 16.0. The van der Waals surface area contributed by atoms with Crippen molar-refractivity contribution in [1.29, 1.82) is 0 Å². The number of pyridine rings is 1. The first kappa shape index (κ1) is 20.6. The molecule has 0 unspecified atom stereocenters. The number of aryl methyl sites for hydroxylation is 2. The molecule has 33 heavy (non-hydrogen) atoms. The zero-order valence-electron chi connectivity index (χ0n) is 18.7. The number of hydrogen-bond acceptors (Lipinski definition) is 4. The molecule has 5 rings (SSSR count). The summed E-state index contributed by atoms with van der Waals surface area (Å²) in [5, 5.41) is 6.02. The fourth-order valence-electron chi connectivity index (χ4n) is 4.27. The second kappa shape index (κ2) is 8.02. The van der Waals surface area contributed by atoms with E-state index in [-0.39, 0.29) is 17.2 Å². The minimum atomic E-state index is -0.285. The number of fused-ring (bicyclic) bond motifs is 3. The molecule has 1 amide bonds. The first-order valence-electron chi connectivity index (χ1n) is 10.8. The number of carbonyl (C=O) groups is 1. The van der Waals surface area contributed by atoms with Crippen LogP contribution in [0.1, 0.15) is 23.0 Å². The Hall–Kier alpha value is -4.26. The van der Waals surface area contributed by atoms with Gasteiger partial charge >= 0.3 is 0 Å². The standard InChI is InChI=1S/C26H23N5O2/c1-4-30(19-8-7-15-27-16-19)25(32)23-22-20-9-5-6-10-21(20)29(3)24(22)26(33)31(28-23)18-13-11-17(2)12-14-18/h5-16H,4H2,1-3H3. The van der Waals surface area contributed by atoms with Crippen molar-refractivity contribution >= 4 is 33.4 Å². The molecular formula is C26H23N5O2. The van der Waals surface area contributed by atoms with Gasteiger partial charge in [0.25, 0.3) is 11.5 Å². The second-order valence-electron chi connectivity index (χ2n) is 7.96. The predicted molar refractivity (Wildman–Crippen MR) is 130 cm³/mol. The third kappa shape index (κ3) is 3.29. The molecule has 0 fully saturated rings. The predicted octanol–water partition coefficient (Wildman–Crippen LogP) is 4.25. The summed E-state index contributed by atoms with van der Waals surface area (Å²) in [6.45, 7) is 4.32. The average Bonchev–Trinajstić information content (AvgIpc) is 3.14. The first-order valence-corrected chi connectivity index (χ1v) is 10.8. The summed E-state index contributed by atoms with van der Waals surface area (Å²) >= 11 is 0. The minimum Gasteiger partial charge on any atom is -0.339 e. The monoisotopic (exact) mass is 437 g/mol. The highest BCUT2D eigenvalue weighted by Gasteiger charge is 2.27. The van der Waals surface area contributed by atoms with Gasteiger partial charge in [-0.3, -0.25) is 14.6 Å². The highest BCUT2D eigenvalue weighted by molar-refractivity contribution is 6.20. The lowest BCUT2D eigenvalue weighted by molar-refractivity contribution is 0.0983. The van der Waals surface area contributed by atoms with Gasteiger partial charge < -0.3 is 9.47 Å². The molecule has 7 nitrogen and oxygen atoms in total. The van der Waals surface area contributed by atoms with Crippen molar-refractivity contribution in [3.05, 3.63) is 94.7 Å². The highest BCUT2D eigenvalue weighted by Crippen LogP contribution is 2.29. The Balaban J connectivity index is 1.86. The summed E-state index contributed by atoms with van der Waals surface area (Å²) in [4.78, 5) is 33.3. The summed E-state index contributed by atoms with van der Waals surface area (Å²) in [6.07, 6.45) is 3.32. The van der Waals surface area contributed by atoms with E-state index in [1.807, 2.05) is 80.1 Å². The van der Waals surface area contributed by atoms with Crippen LogP contribution in [0.25, 0.3) is 27.5 Å². The lowest BCUT2D eigenvalue weighted by Gasteiger charge is -2.21. The molecule has 3 aromatic heterocycles. The van der Waals surface area contributed by atoms with E-state index in [0.717, 1.165) is 16.5 Å². The summed E-state index contributed by atoms with van der Waals surface area (Å²) in [6, 6.07) is 18.8. The molecule has 0 radical (unpaired) electrons. The molecule has 2 aromatic carbocycles. The van der Waals surface area contributed by atoms with Gasteiger partial charge in [-0.1, -0.05) is 35.9 Å². The van der Waals surface area contributed by atoms with Crippen molar-refractivity contribution in [2.24, 2.45) is 7.05 Å². The third-order valence-electron chi connectivity index (χ3n) is 5.94. The molecule has 164 valence electrons. The van der Waals surface area contributed by atoms with E-state index in [9.17, 15) is 9.59 Å². The van der Waals surface area contributed by atoms with Gasteiger partial charge in [-0.05, 0) is 44.2 Å². The molecule has 0 bridgehead atoms. The number of para-hydroxylation sites is 1. The van der Waals surface area contributed by atoms with Crippen molar-refractivity contribution in [3.63, 3.8) is 0 Å². The molecule has 0 aliphatic heterocycles. The van der Waals surface area contributed by atoms with Crippen molar-refractivity contribution in [1.82, 2.24) is 19.3 Å². The normalized spacial score (nSPS) is 11.2. The molecular weight excluding hydrogens is 414 g/mol. The summed E-state index contributed by atoms with van der Waals surface area (Å²) in [7, 11) is 1.85. The molecule has 5 aromatic rings. The molecule has 3 heterocycles. The molecule has 7 heteroatoms. The lowest BCUT2D eigenvalue weighted by atomic mass is 10.1. The maximum absolute atomic E-state index is 13.9. The van der Waals surface area contributed by atoms with Gasteiger partial charge in [0, 0.05) is 36.1 Å². The molecule has 0 aliphatic carbocycles. The molecule has 0 atom stereocenters. The SMILES string of the molecule is CCN(C(=O)c1nn(-c2ccc(C)cc2)c(=O)c2c1c1ccccc1n2C)c1cccnc1. The Morgan fingerprint density at radius 1 is 1.03 bits per heavy atom. The lowest BCUT2D eigenvalue weighted by Crippen LogP contribution is -2.34. The van der Waals surface area contributed by atoms with Gasteiger partial charge in [-0.15, -0.1) is 0 Å². The third-order valence-corrected chi connectivity index (χ3v) is 5.94. The summed E-state index contributed by atoms with van der Waals surface area (Å²) in [5.74, 6) is -0.285. The number of benzene rings is 2. The number of anilines is 1. The number of nitrogens with zero attached hydrogens (tertiary/aromatic N) is 5. The van der Waals surface area contributed by atoms with Gasteiger partial charge in [-0.25, -0.2) is 0 Å². The molecule has 0 N–H and O–H groups in total. The van der Waals surface area contributed by atoms with Crippen LogP contribution in [0.2, 0.25) is 0 Å². The minimum absolute atomic E-state index is 0.229. The molecule has 0 spiro atoms. The number of rotatable bonds is 4. The largest absolute Gasteiger partial charge is 0.339 e. The maximum atomic E-state index is 13.9. The Morgan fingerprint density at radius 3 is 2.48 bits per heavy atom. The van der Waals surface area contributed by atoms with Crippen LogP contribution >= 0.6 is 0 Å². The number of aromatic nitrogens is 4. The Morgan fingerprint density at radius 2 is 1.79 bits per heavy atom. The van der Waals surface area contributed by atoms with Crippen LogP contribution < -0.4 is 10.5 Å². The van der Waals surface area contributed by atoms with E-state index in [2.05, 4.69) is 10.1 Å². The van der Waals surface area contributed by atoms with E-state index < -0.39 is 0 Å². The number of carbonyl (C=O) groups excluding carboxylic acids is 1. The van der Waals surface area contributed by atoms with Crippen LogP contribution in [0.4, 0.5) is 5.69 Å². The van der Waals surface area contributed by atoms with Crippen LogP contribution in [-0.2, 0) is 7.05 Å². The fraction of sp³-hybridized carbons (Fsp3) is 0.154. The van der Waals surface area contributed by atoms with Crippen LogP contribution in [0, 0.1) is 6.92 Å². The molecule has 0 saturated heterocycles. The molecule has 0 aliphatic rings. The Labute approximate surface area is 190 Å². The summed E-state index contributed by atoms with van der Waals surface area (Å²) in [5.41, 5.74) is 3.62. The van der Waals surface area contributed by atoms with E-state index in [0.29, 0.717) is 28.8 Å². The van der Waals surface area contributed by atoms with Crippen molar-refractivity contribution < 1.29 is 4.79 Å². The van der Waals surface area contributed by atoms with E-state index in [1.54, 1.807) is 23.4 Å². The van der Waals surface area contributed by atoms with Gasteiger partial charge in [-0.2, -0.15) is 9.78 Å². The fourth-order valence-corrected chi connectivity index (χ4v) is 4.27. The van der Waals surface area contributed by atoms with E-state index >= 15 is 0 Å². The van der Waals surface area contributed by atoms with Crippen molar-refractivity contribution in [2.45, 2.75) is 13.8 Å². The van der Waals surface area contributed by atoms with Gasteiger partial charge in [0.15, 0.2) is 5.69 Å². The van der Waals surface area contributed by atoms with Crippen LogP contribution in [0.5, 0.6) is 0 Å². The van der Waals surface area contributed by atoms with Crippen molar-refractivity contribution in [2.75, 3.05) is 11.4 Å². The zero-order valence-corrected chi connectivity index (χ0v) is 18.7. The number of hydrogen-bond donors (Lipinski definition) is 0. The highest BCUT2D eigenvalue weighted by atomic mass is 16.2. The van der Waals surface area contributed by atoms with Crippen LogP contribution in [-0.4, -0.2) is 31.8 Å². The Kier molecular flexibility index (Phi) is 5.01.